The van der Waals surface area contributed by atoms with Crippen LogP contribution >= 0.6 is 34.5 Å². The van der Waals surface area contributed by atoms with E-state index in [0.29, 0.717) is 25.9 Å². The Balaban J connectivity index is 1.66. The third-order valence-corrected chi connectivity index (χ3v) is 5.57. The fourth-order valence-electron chi connectivity index (χ4n) is 2.42. The number of rotatable bonds is 5. The molecule has 2 aromatic carbocycles. The highest BCUT2D eigenvalue weighted by Crippen LogP contribution is 2.28. The van der Waals surface area contributed by atoms with Crippen molar-refractivity contribution in [3.8, 4) is 16.3 Å². The van der Waals surface area contributed by atoms with Crippen molar-refractivity contribution < 1.29 is 9.53 Å². The van der Waals surface area contributed by atoms with Crippen molar-refractivity contribution >= 4 is 45.6 Å². The molecule has 8 heteroatoms. The zero-order chi connectivity index (χ0) is 19.6. The highest BCUT2D eigenvalue weighted by molar-refractivity contribution is 7.18. The first-order valence-corrected chi connectivity index (χ1v) is 9.74. The van der Waals surface area contributed by atoms with Gasteiger partial charge in [-0.25, -0.2) is 0 Å². The Labute approximate surface area is 171 Å². The average molecular weight is 422 g/mol. The van der Waals surface area contributed by atoms with E-state index in [4.69, 9.17) is 27.9 Å². The number of halogens is 2. The number of hydrogen-bond donors (Lipinski definition) is 1. The van der Waals surface area contributed by atoms with Gasteiger partial charge >= 0.3 is 0 Å². The maximum Gasteiger partial charge on any atom is 0.266 e. The van der Waals surface area contributed by atoms with Gasteiger partial charge in [-0.05, 0) is 56.2 Å². The molecule has 0 aliphatic rings. The molecule has 27 heavy (non-hydrogen) atoms. The summed E-state index contributed by atoms with van der Waals surface area (Å²) in [7, 11) is 0. The lowest BCUT2D eigenvalue weighted by molar-refractivity contribution is -0.122. The molecule has 0 bridgehead atoms. The van der Waals surface area contributed by atoms with Crippen LogP contribution in [0.25, 0.3) is 10.6 Å². The Kier molecular flexibility index (Phi) is 5.99. The Morgan fingerprint density at radius 2 is 1.74 bits per heavy atom. The lowest BCUT2D eigenvalue weighted by Crippen LogP contribution is -2.30. The van der Waals surface area contributed by atoms with Gasteiger partial charge in [-0.15, -0.1) is 10.2 Å². The molecule has 1 heterocycles. The van der Waals surface area contributed by atoms with Gasteiger partial charge in [0.2, 0.25) is 5.13 Å². The molecular weight excluding hydrogens is 405 g/mol. The topological polar surface area (TPSA) is 64.1 Å². The number of ether oxygens (including phenoxy) is 1. The molecule has 5 nitrogen and oxygen atoms in total. The number of hydrogen-bond acceptors (Lipinski definition) is 5. The molecule has 1 atom stereocenters. The van der Waals surface area contributed by atoms with Crippen LogP contribution < -0.4 is 10.1 Å². The van der Waals surface area contributed by atoms with Crippen LogP contribution in [0.15, 0.2) is 36.4 Å². The lowest BCUT2D eigenvalue weighted by atomic mass is 10.1. The number of amides is 1. The van der Waals surface area contributed by atoms with E-state index in [-0.39, 0.29) is 5.91 Å². The Morgan fingerprint density at radius 1 is 1.11 bits per heavy atom. The molecule has 140 valence electrons. The minimum Gasteiger partial charge on any atom is -0.481 e. The average Bonchev–Trinajstić information content (AvgIpc) is 3.08. The molecule has 0 saturated carbocycles. The molecule has 0 saturated heterocycles. The number of aryl methyl sites for hydroxylation is 2. The Morgan fingerprint density at radius 3 is 2.37 bits per heavy atom. The number of anilines is 1. The summed E-state index contributed by atoms with van der Waals surface area (Å²) in [4.78, 5) is 12.4. The van der Waals surface area contributed by atoms with Gasteiger partial charge in [0.15, 0.2) is 6.10 Å². The first kappa shape index (κ1) is 19.6. The van der Waals surface area contributed by atoms with E-state index in [1.165, 1.54) is 11.3 Å². The van der Waals surface area contributed by atoms with E-state index >= 15 is 0 Å². The summed E-state index contributed by atoms with van der Waals surface area (Å²) in [5.41, 5.74) is 2.68. The Hall–Kier alpha value is -2.15. The summed E-state index contributed by atoms with van der Waals surface area (Å²) in [5.74, 6) is 0.287. The number of nitrogens with one attached hydrogen (secondary N) is 1. The van der Waals surface area contributed by atoms with Crippen LogP contribution in [-0.4, -0.2) is 22.2 Å². The molecular formula is C19H17Cl2N3O2S. The van der Waals surface area contributed by atoms with E-state index in [1.807, 2.05) is 38.1 Å². The maximum atomic E-state index is 12.4. The van der Waals surface area contributed by atoms with Crippen LogP contribution in [0.1, 0.15) is 18.1 Å². The summed E-state index contributed by atoms with van der Waals surface area (Å²) in [5, 5.41) is 13.3. The van der Waals surface area contributed by atoms with Crippen LogP contribution in [0.5, 0.6) is 5.75 Å². The third-order valence-electron chi connectivity index (χ3n) is 3.84. The number of carbonyl (C=O) groups excluding carboxylic acids is 1. The fourth-order valence-corrected chi connectivity index (χ4v) is 3.41. The van der Waals surface area contributed by atoms with E-state index in [1.54, 1.807) is 19.1 Å². The molecule has 0 radical (unpaired) electrons. The smallest absolute Gasteiger partial charge is 0.266 e. The summed E-state index contributed by atoms with van der Waals surface area (Å²) in [6.07, 6.45) is -0.701. The molecule has 1 aromatic heterocycles. The predicted molar refractivity (Wildman–Crippen MR) is 110 cm³/mol. The number of aromatic nitrogens is 2. The monoisotopic (exact) mass is 421 g/mol. The molecule has 3 rings (SSSR count). The zero-order valence-corrected chi connectivity index (χ0v) is 17.2. The highest BCUT2D eigenvalue weighted by atomic mass is 35.5. The van der Waals surface area contributed by atoms with Crippen molar-refractivity contribution in [1.29, 1.82) is 0 Å². The summed E-state index contributed by atoms with van der Waals surface area (Å²) >= 11 is 13.3. The van der Waals surface area contributed by atoms with E-state index in [9.17, 15) is 4.79 Å². The van der Waals surface area contributed by atoms with Crippen LogP contribution in [0.2, 0.25) is 10.0 Å². The second-order valence-corrected chi connectivity index (χ2v) is 7.83. The van der Waals surface area contributed by atoms with Crippen molar-refractivity contribution in [3.05, 3.63) is 57.6 Å². The van der Waals surface area contributed by atoms with Gasteiger partial charge in [0.25, 0.3) is 5.91 Å². The molecule has 3 aromatic rings. The molecule has 0 unspecified atom stereocenters. The van der Waals surface area contributed by atoms with Crippen LogP contribution in [-0.2, 0) is 4.79 Å². The van der Waals surface area contributed by atoms with Gasteiger partial charge in [-0.2, -0.15) is 0 Å². The van der Waals surface area contributed by atoms with Gasteiger partial charge in [0.1, 0.15) is 10.8 Å². The van der Waals surface area contributed by atoms with Crippen LogP contribution in [0, 0.1) is 13.8 Å². The van der Waals surface area contributed by atoms with Crippen molar-refractivity contribution in [2.24, 2.45) is 0 Å². The molecule has 0 fully saturated rings. The third kappa shape index (κ3) is 4.77. The van der Waals surface area contributed by atoms with E-state index in [2.05, 4.69) is 15.5 Å². The van der Waals surface area contributed by atoms with Gasteiger partial charge in [-0.3, -0.25) is 10.1 Å². The summed E-state index contributed by atoms with van der Waals surface area (Å²) < 4.78 is 5.74. The van der Waals surface area contributed by atoms with Crippen molar-refractivity contribution in [2.45, 2.75) is 26.9 Å². The Bertz CT molecular complexity index is 950. The minimum atomic E-state index is -0.701. The second kappa shape index (κ2) is 8.25. The van der Waals surface area contributed by atoms with Gasteiger partial charge in [0, 0.05) is 15.6 Å². The zero-order valence-electron chi connectivity index (χ0n) is 14.9. The minimum absolute atomic E-state index is 0.306. The van der Waals surface area contributed by atoms with Crippen molar-refractivity contribution in [3.63, 3.8) is 0 Å². The largest absolute Gasteiger partial charge is 0.481 e. The van der Waals surface area contributed by atoms with Gasteiger partial charge in [-0.1, -0.05) is 46.7 Å². The number of nitrogens with zero attached hydrogens (tertiary/aromatic N) is 2. The molecule has 1 N–H and O–H groups in total. The van der Waals surface area contributed by atoms with E-state index < -0.39 is 6.10 Å². The predicted octanol–water partition coefficient (Wildman–Crippen LogP) is 5.53. The molecule has 0 aliphatic carbocycles. The summed E-state index contributed by atoms with van der Waals surface area (Å²) in [6.45, 7) is 5.47. The number of carbonyl (C=O) groups is 1. The molecule has 0 spiro atoms. The SMILES string of the molecule is Cc1cc(O[C@@H](C)C(=O)Nc2nnc(-c3ccc(Cl)cc3)s2)cc(C)c1Cl. The van der Waals surface area contributed by atoms with Crippen molar-refractivity contribution in [2.75, 3.05) is 5.32 Å². The number of benzene rings is 2. The molecule has 1 amide bonds. The van der Waals surface area contributed by atoms with E-state index in [0.717, 1.165) is 16.7 Å². The second-order valence-electron chi connectivity index (χ2n) is 6.04. The highest BCUT2D eigenvalue weighted by Gasteiger charge is 2.18. The van der Waals surface area contributed by atoms with Crippen molar-refractivity contribution in [1.82, 2.24) is 10.2 Å². The fraction of sp³-hybridized carbons (Fsp3) is 0.211. The molecule has 0 aliphatic heterocycles. The van der Waals surface area contributed by atoms with Crippen LogP contribution in [0.4, 0.5) is 5.13 Å². The van der Waals surface area contributed by atoms with Gasteiger partial charge < -0.3 is 4.74 Å². The first-order valence-electron chi connectivity index (χ1n) is 8.17. The first-order chi connectivity index (χ1) is 12.8. The standard InChI is InChI=1S/C19H17Cl2N3O2S/c1-10-8-15(9-11(2)16(10)21)26-12(3)17(25)22-19-24-23-18(27-19)13-4-6-14(20)7-5-13/h4-9,12H,1-3H3,(H,22,24,25)/t12-/m0/s1. The van der Waals surface area contributed by atoms with Gasteiger partial charge in [0.05, 0.1) is 0 Å². The lowest BCUT2D eigenvalue weighted by Gasteiger charge is -2.15. The maximum absolute atomic E-state index is 12.4. The summed E-state index contributed by atoms with van der Waals surface area (Å²) in [6, 6.07) is 10.9. The van der Waals surface area contributed by atoms with Crippen LogP contribution in [0.3, 0.4) is 0 Å². The quantitative estimate of drug-likeness (QED) is 0.587. The normalized spacial score (nSPS) is 11.9.